The third-order valence-corrected chi connectivity index (χ3v) is 4.55. The van der Waals surface area contributed by atoms with Gasteiger partial charge in [-0.1, -0.05) is 20.3 Å². The minimum atomic E-state index is -0.361. The summed E-state index contributed by atoms with van der Waals surface area (Å²) in [6.07, 6.45) is 4.67. The van der Waals surface area contributed by atoms with Gasteiger partial charge in [0.1, 0.15) is 0 Å². The number of amides is 1. The predicted octanol–water partition coefficient (Wildman–Crippen LogP) is 1.10. The van der Waals surface area contributed by atoms with Crippen LogP contribution in [-0.4, -0.2) is 41.5 Å². The van der Waals surface area contributed by atoms with Gasteiger partial charge >= 0.3 is 0 Å². The monoisotopic (exact) mass is 253 g/mol. The summed E-state index contributed by atoms with van der Waals surface area (Å²) in [5, 5.41) is 3.13. The molecular formula is C14H27N3O. The average Bonchev–Trinajstić information content (AvgIpc) is 3.12. The molecule has 0 aromatic heterocycles. The number of hydrogen-bond acceptors (Lipinski definition) is 3. The Morgan fingerprint density at radius 2 is 2.17 bits per heavy atom. The number of carbonyl (C=O) groups is 1. The SMILES string of the molecule is CCC(C)C(N)C(=O)NC1CC(C)N(C2CC2)C1. The van der Waals surface area contributed by atoms with Gasteiger partial charge < -0.3 is 11.1 Å². The van der Waals surface area contributed by atoms with Crippen molar-refractivity contribution in [2.45, 2.75) is 70.6 Å². The van der Waals surface area contributed by atoms with Crippen LogP contribution in [0.3, 0.4) is 0 Å². The van der Waals surface area contributed by atoms with Crippen LogP contribution >= 0.6 is 0 Å². The van der Waals surface area contributed by atoms with Crippen molar-refractivity contribution in [1.29, 1.82) is 0 Å². The topological polar surface area (TPSA) is 58.4 Å². The zero-order valence-electron chi connectivity index (χ0n) is 11.9. The molecule has 18 heavy (non-hydrogen) atoms. The highest BCUT2D eigenvalue weighted by Crippen LogP contribution is 2.33. The maximum Gasteiger partial charge on any atom is 0.237 e. The molecule has 1 heterocycles. The lowest BCUT2D eigenvalue weighted by Gasteiger charge is -2.21. The smallest absolute Gasteiger partial charge is 0.237 e. The Balaban J connectivity index is 1.81. The fourth-order valence-corrected chi connectivity index (χ4v) is 2.89. The first kappa shape index (κ1) is 13.8. The molecule has 4 heteroatoms. The second-order valence-electron chi connectivity index (χ2n) is 6.13. The maximum absolute atomic E-state index is 12.0. The lowest BCUT2D eigenvalue weighted by atomic mass is 9.99. The highest BCUT2D eigenvalue weighted by molar-refractivity contribution is 5.82. The van der Waals surface area contributed by atoms with Gasteiger partial charge in [-0.05, 0) is 32.1 Å². The summed E-state index contributed by atoms with van der Waals surface area (Å²) in [6.45, 7) is 7.38. The van der Waals surface area contributed by atoms with E-state index in [1.54, 1.807) is 0 Å². The molecule has 1 aliphatic heterocycles. The Morgan fingerprint density at radius 1 is 1.50 bits per heavy atom. The zero-order chi connectivity index (χ0) is 13.3. The van der Waals surface area contributed by atoms with E-state index in [4.69, 9.17) is 5.73 Å². The first-order valence-corrected chi connectivity index (χ1v) is 7.34. The molecule has 0 aromatic carbocycles. The average molecular weight is 253 g/mol. The first-order valence-electron chi connectivity index (χ1n) is 7.34. The summed E-state index contributed by atoms with van der Waals surface area (Å²) in [6, 6.07) is 1.32. The first-order chi connectivity index (χ1) is 8.52. The van der Waals surface area contributed by atoms with Crippen molar-refractivity contribution in [3.8, 4) is 0 Å². The van der Waals surface area contributed by atoms with Gasteiger partial charge in [-0.2, -0.15) is 0 Å². The van der Waals surface area contributed by atoms with Crippen molar-refractivity contribution in [2.75, 3.05) is 6.54 Å². The van der Waals surface area contributed by atoms with Gasteiger partial charge in [0.05, 0.1) is 6.04 Å². The van der Waals surface area contributed by atoms with Gasteiger partial charge in [-0.15, -0.1) is 0 Å². The van der Waals surface area contributed by atoms with E-state index in [0.29, 0.717) is 12.1 Å². The van der Waals surface area contributed by atoms with Crippen molar-refractivity contribution in [3.63, 3.8) is 0 Å². The van der Waals surface area contributed by atoms with Crippen LogP contribution in [0.2, 0.25) is 0 Å². The van der Waals surface area contributed by atoms with Crippen molar-refractivity contribution >= 4 is 5.91 Å². The van der Waals surface area contributed by atoms with Gasteiger partial charge in [-0.3, -0.25) is 9.69 Å². The molecule has 0 radical (unpaired) electrons. The normalized spacial score (nSPS) is 32.2. The van der Waals surface area contributed by atoms with Gasteiger partial charge in [0.15, 0.2) is 0 Å². The van der Waals surface area contributed by atoms with Crippen LogP contribution in [0.25, 0.3) is 0 Å². The molecule has 2 aliphatic rings. The van der Waals surface area contributed by atoms with E-state index in [9.17, 15) is 4.79 Å². The van der Waals surface area contributed by atoms with Crippen molar-refractivity contribution in [3.05, 3.63) is 0 Å². The van der Waals surface area contributed by atoms with Gasteiger partial charge in [0, 0.05) is 24.7 Å². The van der Waals surface area contributed by atoms with E-state index in [0.717, 1.165) is 25.4 Å². The van der Waals surface area contributed by atoms with Crippen LogP contribution in [0.1, 0.15) is 46.5 Å². The quantitative estimate of drug-likeness (QED) is 0.771. The minimum absolute atomic E-state index is 0.0270. The number of hydrogen-bond donors (Lipinski definition) is 2. The summed E-state index contributed by atoms with van der Waals surface area (Å²) < 4.78 is 0. The molecule has 1 aliphatic carbocycles. The van der Waals surface area contributed by atoms with E-state index in [1.807, 2.05) is 6.92 Å². The Hall–Kier alpha value is -0.610. The number of nitrogens with two attached hydrogens (primary N) is 1. The van der Waals surface area contributed by atoms with Crippen molar-refractivity contribution in [1.82, 2.24) is 10.2 Å². The summed E-state index contributed by atoms with van der Waals surface area (Å²) in [7, 11) is 0. The van der Waals surface area contributed by atoms with E-state index < -0.39 is 0 Å². The molecule has 1 amide bonds. The third kappa shape index (κ3) is 3.04. The summed E-state index contributed by atoms with van der Waals surface area (Å²) in [5.41, 5.74) is 5.97. The molecular weight excluding hydrogens is 226 g/mol. The Bertz CT molecular complexity index is 303. The second kappa shape index (κ2) is 5.57. The molecule has 4 unspecified atom stereocenters. The predicted molar refractivity (Wildman–Crippen MR) is 73.2 cm³/mol. The number of nitrogens with one attached hydrogen (secondary N) is 1. The molecule has 0 aromatic rings. The fraction of sp³-hybridized carbons (Fsp3) is 0.929. The fourth-order valence-electron chi connectivity index (χ4n) is 2.89. The molecule has 3 N–H and O–H groups in total. The molecule has 0 spiro atoms. The van der Waals surface area contributed by atoms with Crippen LogP contribution in [0.5, 0.6) is 0 Å². The van der Waals surface area contributed by atoms with Crippen LogP contribution in [0, 0.1) is 5.92 Å². The number of likely N-dealkylation sites (tertiary alicyclic amines) is 1. The Morgan fingerprint density at radius 3 is 2.72 bits per heavy atom. The van der Waals surface area contributed by atoms with Crippen LogP contribution in [0.4, 0.5) is 0 Å². The standard InChI is InChI=1S/C14H27N3O/c1-4-9(2)13(15)14(18)16-11-7-10(3)17(8-11)12-5-6-12/h9-13H,4-8,15H2,1-3H3,(H,16,18). The minimum Gasteiger partial charge on any atom is -0.351 e. The van der Waals surface area contributed by atoms with Crippen LogP contribution in [0.15, 0.2) is 0 Å². The van der Waals surface area contributed by atoms with Gasteiger partial charge in [0.25, 0.3) is 0 Å². The lowest BCUT2D eigenvalue weighted by Crippen LogP contribution is -2.49. The zero-order valence-corrected chi connectivity index (χ0v) is 11.9. The van der Waals surface area contributed by atoms with Crippen molar-refractivity contribution in [2.24, 2.45) is 11.7 Å². The number of carbonyl (C=O) groups excluding carboxylic acids is 1. The molecule has 4 atom stereocenters. The van der Waals surface area contributed by atoms with Crippen LogP contribution in [-0.2, 0) is 4.79 Å². The van der Waals surface area contributed by atoms with Gasteiger partial charge in [-0.25, -0.2) is 0 Å². The Labute approximate surface area is 110 Å². The molecule has 104 valence electrons. The number of nitrogens with zero attached hydrogens (tertiary/aromatic N) is 1. The summed E-state index contributed by atoms with van der Waals surface area (Å²) >= 11 is 0. The van der Waals surface area contributed by atoms with E-state index in [1.165, 1.54) is 12.8 Å². The Kier molecular flexibility index (Phi) is 4.28. The van der Waals surface area contributed by atoms with E-state index in [2.05, 4.69) is 24.1 Å². The molecule has 2 rings (SSSR count). The molecule has 2 fully saturated rings. The third-order valence-electron chi connectivity index (χ3n) is 4.55. The molecule has 1 saturated carbocycles. The highest BCUT2D eigenvalue weighted by atomic mass is 16.2. The molecule has 1 saturated heterocycles. The van der Waals surface area contributed by atoms with E-state index in [-0.39, 0.29) is 17.9 Å². The lowest BCUT2D eigenvalue weighted by molar-refractivity contribution is -0.124. The van der Waals surface area contributed by atoms with Gasteiger partial charge in [0.2, 0.25) is 5.91 Å². The van der Waals surface area contributed by atoms with E-state index >= 15 is 0 Å². The summed E-state index contributed by atoms with van der Waals surface area (Å²) in [4.78, 5) is 14.6. The van der Waals surface area contributed by atoms with Crippen LogP contribution < -0.4 is 11.1 Å². The summed E-state index contributed by atoms with van der Waals surface area (Å²) in [5.74, 6) is 0.280. The van der Waals surface area contributed by atoms with Crippen molar-refractivity contribution < 1.29 is 4.79 Å². The molecule has 0 bridgehead atoms. The second-order valence-corrected chi connectivity index (χ2v) is 6.13. The maximum atomic E-state index is 12.0. The molecule has 4 nitrogen and oxygen atoms in total. The largest absolute Gasteiger partial charge is 0.351 e. The highest BCUT2D eigenvalue weighted by Gasteiger charge is 2.39. The number of rotatable bonds is 5.